The Balaban J connectivity index is 2.83. The summed E-state index contributed by atoms with van der Waals surface area (Å²) >= 11 is 0. The van der Waals surface area contributed by atoms with Crippen LogP contribution in [0.5, 0.6) is 0 Å². The standard InChI is InChI=1S/C15H25NO3S/c1-4-11-16-14(10-12-20(3,17)18)15(19-2)13-8-6-5-7-9-13/h5-9,14-16H,4,10-12H2,1-3H3. The third-order valence-electron chi connectivity index (χ3n) is 3.20. The van der Waals surface area contributed by atoms with Crippen LogP contribution >= 0.6 is 0 Å². The summed E-state index contributed by atoms with van der Waals surface area (Å²) in [4.78, 5) is 0. The van der Waals surface area contributed by atoms with E-state index in [2.05, 4.69) is 12.2 Å². The van der Waals surface area contributed by atoms with Crippen LogP contribution in [0.25, 0.3) is 0 Å². The van der Waals surface area contributed by atoms with Gasteiger partial charge in [0, 0.05) is 19.4 Å². The van der Waals surface area contributed by atoms with Crippen molar-refractivity contribution in [3.8, 4) is 0 Å². The first-order valence-corrected chi connectivity index (χ1v) is 9.02. The van der Waals surface area contributed by atoms with Gasteiger partial charge in [0.25, 0.3) is 0 Å². The number of sulfone groups is 1. The van der Waals surface area contributed by atoms with Crippen molar-refractivity contribution in [2.75, 3.05) is 25.7 Å². The lowest BCUT2D eigenvalue weighted by molar-refractivity contribution is 0.0668. The Kier molecular flexibility index (Phi) is 7.19. The van der Waals surface area contributed by atoms with Gasteiger partial charge in [0.2, 0.25) is 0 Å². The SMILES string of the molecule is CCCNC(CCS(C)(=O)=O)C(OC)c1ccccc1. The Bertz CT molecular complexity index is 473. The lowest BCUT2D eigenvalue weighted by Crippen LogP contribution is -2.37. The van der Waals surface area contributed by atoms with Gasteiger partial charge in [-0.05, 0) is 24.9 Å². The number of ether oxygens (including phenoxy) is 1. The molecule has 0 aliphatic rings. The zero-order chi connectivity index (χ0) is 15.0. The van der Waals surface area contributed by atoms with Gasteiger partial charge in [-0.25, -0.2) is 8.42 Å². The monoisotopic (exact) mass is 299 g/mol. The van der Waals surface area contributed by atoms with Crippen LogP contribution in [0.4, 0.5) is 0 Å². The van der Waals surface area contributed by atoms with Crippen molar-refractivity contribution in [1.29, 1.82) is 0 Å². The summed E-state index contributed by atoms with van der Waals surface area (Å²) in [5.41, 5.74) is 1.07. The molecule has 2 unspecified atom stereocenters. The van der Waals surface area contributed by atoms with Crippen LogP contribution < -0.4 is 5.32 Å². The molecule has 0 fully saturated rings. The third-order valence-corrected chi connectivity index (χ3v) is 4.18. The lowest BCUT2D eigenvalue weighted by atomic mass is 10.00. The molecule has 0 spiro atoms. The molecule has 5 heteroatoms. The molecule has 0 aliphatic carbocycles. The van der Waals surface area contributed by atoms with Crippen LogP contribution in [-0.2, 0) is 14.6 Å². The fourth-order valence-corrected chi connectivity index (χ4v) is 2.89. The first-order valence-electron chi connectivity index (χ1n) is 6.96. The van der Waals surface area contributed by atoms with E-state index in [0.29, 0.717) is 6.42 Å². The molecule has 0 heterocycles. The summed E-state index contributed by atoms with van der Waals surface area (Å²) in [5, 5.41) is 3.40. The Morgan fingerprint density at radius 2 is 1.90 bits per heavy atom. The number of benzene rings is 1. The summed E-state index contributed by atoms with van der Waals surface area (Å²) in [7, 11) is -1.30. The molecule has 0 radical (unpaired) electrons. The van der Waals surface area contributed by atoms with Crippen LogP contribution in [0, 0.1) is 0 Å². The number of rotatable bonds is 9. The molecule has 0 bridgehead atoms. The second kappa shape index (κ2) is 8.39. The maximum Gasteiger partial charge on any atom is 0.147 e. The average Bonchev–Trinajstić information content (AvgIpc) is 2.42. The minimum Gasteiger partial charge on any atom is -0.375 e. The Hall–Kier alpha value is -0.910. The summed E-state index contributed by atoms with van der Waals surface area (Å²) in [5.74, 6) is 0.168. The van der Waals surface area contributed by atoms with Gasteiger partial charge >= 0.3 is 0 Å². The van der Waals surface area contributed by atoms with Crippen molar-refractivity contribution >= 4 is 9.84 Å². The number of hydrogen-bond donors (Lipinski definition) is 1. The molecule has 0 saturated heterocycles. The van der Waals surface area contributed by atoms with E-state index in [1.807, 2.05) is 30.3 Å². The first kappa shape index (κ1) is 17.1. The molecule has 1 aromatic carbocycles. The fraction of sp³-hybridized carbons (Fsp3) is 0.600. The molecule has 0 aromatic heterocycles. The molecule has 2 atom stereocenters. The fourth-order valence-electron chi connectivity index (χ4n) is 2.21. The van der Waals surface area contributed by atoms with Gasteiger partial charge in [0.05, 0.1) is 11.9 Å². The van der Waals surface area contributed by atoms with Gasteiger partial charge in [0.1, 0.15) is 9.84 Å². The highest BCUT2D eigenvalue weighted by molar-refractivity contribution is 7.90. The molecular formula is C15H25NO3S. The van der Waals surface area contributed by atoms with Gasteiger partial charge in [0.15, 0.2) is 0 Å². The largest absolute Gasteiger partial charge is 0.375 e. The van der Waals surface area contributed by atoms with Crippen LogP contribution in [0.1, 0.15) is 31.4 Å². The van der Waals surface area contributed by atoms with Crippen molar-refractivity contribution in [3.63, 3.8) is 0 Å². The number of nitrogens with one attached hydrogen (secondary N) is 1. The molecule has 0 amide bonds. The quantitative estimate of drug-likeness (QED) is 0.759. The Morgan fingerprint density at radius 1 is 1.25 bits per heavy atom. The zero-order valence-electron chi connectivity index (χ0n) is 12.5. The molecule has 0 saturated carbocycles. The first-order chi connectivity index (χ1) is 9.48. The molecule has 0 aliphatic heterocycles. The summed E-state index contributed by atoms with van der Waals surface area (Å²) in [6, 6.07) is 9.91. The molecule has 1 rings (SSSR count). The number of methoxy groups -OCH3 is 1. The molecule has 1 N–H and O–H groups in total. The van der Waals surface area contributed by atoms with Crippen LogP contribution in [-0.4, -0.2) is 40.1 Å². The highest BCUT2D eigenvalue weighted by Crippen LogP contribution is 2.22. The van der Waals surface area contributed by atoms with E-state index in [4.69, 9.17) is 4.74 Å². The second-order valence-electron chi connectivity index (χ2n) is 5.05. The van der Waals surface area contributed by atoms with E-state index < -0.39 is 9.84 Å². The molecule has 114 valence electrons. The molecule has 20 heavy (non-hydrogen) atoms. The van der Waals surface area contributed by atoms with E-state index in [0.717, 1.165) is 18.5 Å². The van der Waals surface area contributed by atoms with E-state index in [-0.39, 0.29) is 17.9 Å². The average molecular weight is 299 g/mol. The van der Waals surface area contributed by atoms with Crippen LogP contribution in [0.15, 0.2) is 30.3 Å². The normalized spacial score (nSPS) is 14.9. The maximum atomic E-state index is 11.4. The Labute approximate surface area is 122 Å². The Morgan fingerprint density at radius 3 is 2.40 bits per heavy atom. The van der Waals surface area contributed by atoms with Gasteiger partial charge in [-0.2, -0.15) is 0 Å². The van der Waals surface area contributed by atoms with E-state index in [1.54, 1.807) is 7.11 Å². The van der Waals surface area contributed by atoms with Gasteiger partial charge < -0.3 is 10.1 Å². The summed E-state index contributed by atoms with van der Waals surface area (Å²) < 4.78 is 28.4. The van der Waals surface area contributed by atoms with Gasteiger partial charge in [-0.3, -0.25) is 0 Å². The van der Waals surface area contributed by atoms with E-state index in [1.165, 1.54) is 6.26 Å². The highest BCUT2D eigenvalue weighted by Gasteiger charge is 2.23. The predicted octanol–water partition coefficient (Wildman–Crippen LogP) is 2.18. The molecule has 4 nitrogen and oxygen atoms in total. The summed E-state index contributed by atoms with van der Waals surface area (Å²) in [6.45, 7) is 2.94. The van der Waals surface area contributed by atoms with Crippen molar-refractivity contribution < 1.29 is 13.2 Å². The van der Waals surface area contributed by atoms with Crippen LogP contribution in [0.2, 0.25) is 0 Å². The smallest absolute Gasteiger partial charge is 0.147 e. The van der Waals surface area contributed by atoms with Crippen molar-refractivity contribution in [3.05, 3.63) is 35.9 Å². The summed E-state index contributed by atoms with van der Waals surface area (Å²) in [6.07, 6.45) is 2.69. The lowest BCUT2D eigenvalue weighted by Gasteiger charge is -2.27. The van der Waals surface area contributed by atoms with E-state index >= 15 is 0 Å². The van der Waals surface area contributed by atoms with Gasteiger partial charge in [-0.15, -0.1) is 0 Å². The number of hydrogen-bond acceptors (Lipinski definition) is 4. The van der Waals surface area contributed by atoms with Gasteiger partial charge in [-0.1, -0.05) is 37.3 Å². The zero-order valence-corrected chi connectivity index (χ0v) is 13.3. The minimum atomic E-state index is -2.96. The highest BCUT2D eigenvalue weighted by atomic mass is 32.2. The minimum absolute atomic E-state index is 0.00271. The third kappa shape index (κ3) is 6.03. The molecular weight excluding hydrogens is 274 g/mol. The van der Waals surface area contributed by atoms with E-state index in [9.17, 15) is 8.42 Å². The second-order valence-corrected chi connectivity index (χ2v) is 7.31. The van der Waals surface area contributed by atoms with Crippen molar-refractivity contribution in [2.24, 2.45) is 0 Å². The van der Waals surface area contributed by atoms with Crippen molar-refractivity contribution in [2.45, 2.75) is 31.9 Å². The topological polar surface area (TPSA) is 55.4 Å². The van der Waals surface area contributed by atoms with Crippen molar-refractivity contribution in [1.82, 2.24) is 5.32 Å². The maximum absolute atomic E-state index is 11.4. The predicted molar refractivity (Wildman–Crippen MR) is 82.6 cm³/mol. The van der Waals surface area contributed by atoms with Crippen LogP contribution in [0.3, 0.4) is 0 Å². The molecule has 1 aromatic rings.